The number of aromatic nitrogens is 3. The van der Waals surface area contributed by atoms with E-state index in [1.807, 2.05) is 0 Å². The molecular formula is C13H17N5O3S3. The molecule has 1 N–H and O–H groups in total. The van der Waals surface area contributed by atoms with E-state index < -0.39 is 15.3 Å². The topological polar surface area (TPSA) is 105 Å². The van der Waals surface area contributed by atoms with Crippen LogP contribution in [0.4, 0.5) is 5.13 Å². The molecule has 8 nitrogen and oxygen atoms in total. The number of hydrogen-bond donors (Lipinski definition) is 1. The fourth-order valence-corrected chi connectivity index (χ4v) is 5.24. The summed E-state index contributed by atoms with van der Waals surface area (Å²) >= 11 is 2.35. The summed E-state index contributed by atoms with van der Waals surface area (Å²) in [6.07, 6.45) is 0.550. The van der Waals surface area contributed by atoms with Crippen LogP contribution in [-0.4, -0.2) is 45.0 Å². The van der Waals surface area contributed by atoms with Crippen LogP contribution in [0.1, 0.15) is 39.8 Å². The van der Waals surface area contributed by atoms with Crippen LogP contribution in [0.15, 0.2) is 0 Å². The van der Waals surface area contributed by atoms with Gasteiger partial charge in [-0.15, -0.1) is 16.4 Å². The summed E-state index contributed by atoms with van der Waals surface area (Å²) < 4.78 is 29.8. The van der Waals surface area contributed by atoms with Gasteiger partial charge in [0.15, 0.2) is 5.13 Å². The van der Waals surface area contributed by atoms with E-state index in [9.17, 15) is 13.2 Å². The Balaban J connectivity index is 1.76. The van der Waals surface area contributed by atoms with Crippen molar-refractivity contribution in [1.82, 2.24) is 18.9 Å². The number of aryl methyl sites for hydroxylation is 1. The number of sulfonamides is 1. The van der Waals surface area contributed by atoms with E-state index >= 15 is 0 Å². The van der Waals surface area contributed by atoms with E-state index in [0.29, 0.717) is 35.2 Å². The number of nitrogens with one attached hydrogen (secondary N) is 1. The van der Waals surface area contributed by atoms with Crippen LogP contribution in [0.2, 0.25) is 0 Å². The molecule has 0 radical (unpaired) electrons. The van der Waals surface area contributed by atoms with Crippen molar-refractivity contribution in [3.05, 3.63) is 21.1 Å². The summed E-state index contributed by atoms with van der Waals surface area (Å²) in [5.74, 6) is -0.291. The first kappa shape index (κ1) is 17.4. The molecule has 1 amide bonds. The molecule has 0 aromatic carbocycles. The molecule has 1 aliphatic rings. The second kappa shape index (κ2) is 6.47. The zero-order valence-electron chi connectivity index (χ0n) is 13.4. The highest BCUT2D eigenvalue weighted by atomic mass is 32.2. The van der Waals surface area contributed by atoms with E-state index in [1.165, 1.54) is 15.6 Å². The van der Waals surface area contributed by atoms with Crippen LogP contribution in [-0.2, 0) is 23.0 Å². The van der Waals surface area contributed by atoms with Crippen LogP contribution in [0.25, 0.3) is 0 Å². The fourth-order valence-electron chi connectivity index (χ4n) is 2.33. The zero-order valence-corrected chi connectivity index (χ0v) is 15.9. The molecule has 0 unspecified atom stereocenters. The minimum atomic E-state index is -3.29. The predicted octanol–water partition coefficient (Wildman–Crippen LogP) is 1.65. The molecule has 0 atom stereocenters. The van der Waals surface area contributed by atoms with Gasteiger partial charge in [0, 0.05) is 24.4 Å². The van der Waals surface area contributed by atoms with Gasteiger partial charge in [0.05, 0.1) is 16.6 Å². The molecule has 24 heavy (non-hydrogen) atoms. The van der Waals surface area contributed by atoms with Crippen molar-refractivity contribution >= 4 is 43.9 Å². The SMILES string of the molecule is Cc1nnsc1C(=O)Nc1nc2c(s1)CN(S(=O)(=O)C(C)C)CC2. The van der Waals surface area contributed by atoms with Crippen LogP contribution in [0.5, 0.6) is 0 Å². The molecular weight excluding hydrogens is 370 g/mol. The Kier molecular flexibility index (Phi) is 4.69. The summed E-state index contributed by atoms with van der Waals surface area (Å²) in [4.78, 5) is 17.9. The Morgan fingerprint density at radius 3 is 2.75 bits per heavy atom. The van der Waals surface area contributed by atoms with Gasteiger partial charge in [-0.3, -0.25) is 10.1 Å². The van der Waals surface area contributed by atoms with Gasteiger partial charge >= 0.3 is 0 Å². The third-order valence-electron chi connectivity index (χ3n) is 3.73. The molecule has 0 fully saturated rings. The number of rotatable bonds is 4. The van der Waals surface area contributed by atoms with Crippen molar-refractivity contribution < 1.29 is 13.2 Å². The smallest absolute Gasteiger partial charge is 0.271 e. The van der Waals surface area contributed by atoms with Gasteiger partial charge in [0.25, 0.3) is 5.91 Å². The number of thiazole rings is 1. The van der Waals surface area contributed by atoms with Crippen LogP contribution in [0, 0.1) is 6.92 Å². The van der Waals surface area contributed by atoms with Gasteiger partial charge in [0.2, 0.25) is 10.0 Å². The highest BCUT2D eigenvalue weighted by Gasteiger charge is 2.31. The molecule has 130 valence electrons. The fraction of sp³-hybridized carbons (Fsp3) is 0.538. The van der Waals surface area contributed by atoms with Crippen molar-refractivity contribution in [3.8, 4) is 0 Å². The number of hydrogen-bond acceptors (Lipinski definition) is 8. The van der Waals surface area contributed by atoms with Crippen molar-refractivity contribution in [2.45, 2.75) is 39.0 Å². The number of carbonyl (C=O) groups is 1. The van der Waals surface area contributed by atoms with Gasteiger partial charge < -0.3 is 0 Å². The lowest BCUT2D eigenvalue weighted by atomic mass is 10.2. The zero-order chi connectivity index (χ0) is 17.5. The molecule has 0 saturated heterocycles. The molecule has 11 heteroatoms. The molecule has 2 aromatic rings. The summed E-state index contributed by atoms with van der Waals surface area (Å²) in [6, 6.07) is 0. The second-order valence-corrected chi connectivity index (χ2v) is 10.0. The lowest BCUT2D eigenvalue weighted by molar-refractivity contribution is 0.103. The molecule has 0 aliphatic carbocycles. The third kappa shape index (κ3) is 3.21. The summed E-state index contributed by atoms with van der Waals surface area (Å²) in [7, 11) is -3.29. The minimum Gasteiger partial charge on any atom is -0.297 e. The second-order valence-electron chi connectivity index (χ2n) is 5.71. The molecule has 0 spiro atoms. The van der Waals surface area contributed by atoms with Gasteiger partial charge in [-0.25, -0.2) is 13.4 Å². The van der Waals surface area contributed by atoms with Crippen LogP contribution < -0.4 is 5.32 Å². The molecule has 0 saturated carbocycles. The average molecular weight is 388 g/mol. The highest BCUT2D eigenvalue weighted by Crippen LogP contribution is 2.30. The lowest BCUT2D eigenvalue weighted by Gasteiger charge is -2.26. The minimum absolute atomic E-state index is 0.291. The summed E-state index contributed by atoms with van der Waals surface area (Å²) in [5, 5.41) is 6.59. The maximum Gasteiger partial charge on any atom is 0.271 e. The van der Waals surface area contributed by atoms with E-state index in [1.54, 1.807) is 20.8 Å². The van der Waals surface area contributed by atoms with Crippen molar-refractivity contribution in [1.29, 1.82) is 0 Å². The lowest BCUT2D eigenvalue weighted by Crippen LogP contribution is -2.39. The predicted molar refractivity (Wildman–Crippen MR) is 92.9 cm³/mol. The van der Waals surface area contributed by atoms with Gasteiger partial charge in [0.1, 0.15) is 4.88 Å². The van der Waals surface area contributed by atoms with Crippen LogP contribution in [0.3, 0.4) is 0 Å². The average Bonchev–Trinajstić information content (AvgIpc) is 3.11. The monoisotopic (exact) mass is 387 g/mol. The van der Waals surface area contributed by atoms with Crippen molar-refractivity contribution in [3.63, 3.8) is 0 Å². The number of carbonyl (C=O) groups excluding carboxylic acids is 1. The molecule has 3 heterocycles. The summed E-state index contributed by atoms with van der Waals surface area (Å²) in [6.45, 7) is 5.80. The number of amides is 1. The van der Waals surface area contributed by atoms with Crippen LogP contribution >= 0.6 is 22.9 Å². The normalized spacial score (nSPS) is 15.5. The number of anilines is 1. The first-order valence-corrected chi connectivity index (χ1v) is 10.5. The Bertz CT molecular complexity index is 871. The van der Waals surface area contributed by atoms with E-state index in [2.05, 4.69) is 19.9 Å². The maximum atomic E-state index is 12.3. The Morgan fingerprint density at radius 1 is 1.38 bits per heavy atom. The standard InChI is InChI=1S/C13H17N5O3S3/c1-7(2)24(20,21)18-5-4-9-10(6-18)22-13(14-9)15-12(19)11-8(3)16-17-23-11/h7H,4-6H2,1-3H3,(H,14,15,19). The first-order valence-electron chi connectivity index (χ1n) is 7.37. The molecule has 1 aliphatic heterocycles. The number of nitrogens with zero attached hydrogens (tertiary/aromatic N) is 4. The van der Waals surface area contributed by atoms with Crippen molar-refractivity contribution in [2.24, 2.45) is 0 Å². The van der Waals surface area contributed by atoms with E-state index in [4.69, 9.17) is 0 Å². The maximum absolute atomic E-state index is 12.3. The summed E-state index contributed by atoms with van der Waals surface area (Å²) in [5.41, 5.74) is 1.43. The largest absolute Gasteiger partial charge is 0.297 e. The number of fused-ring (bicyclic) bond motifs is 1. The quantitative estimate of drug-likeness (QED) is 0.855. The van der Waals surface area contributed by atoms with Gasteiger partial charge in [-0.05, 0) is 32.3 Å². The Hall–Kier alpha value is -1.43. The molecule has 2 aromatic heterocycles. The molecule has 0 bridgehead atoms. The van der Waals surface area contributed by atoms with E-state index in [0.717, 1.165) is 22.1 Å². The first-order chi connectivity index (χ1) is 11.3. The third-order valence-corrected chi connectivity index (χ3v) is 7.78. The van der Waals surface area contributed by atoms with Crippen molar-refractivity contribution in [2.75, 3.05) is 11.9 Å². The highest BCUT2D eigenvalue weighted by molar-refractivity contribution is 7.89. The van der Waals surface area contributed by atoms with E-state index in [-0.39, 0.29) is 5.91 Å². The van der Waals surface area contributed by atoms with Gasteiger partial charge in [-0.2, -0.15) is 4.31 Å². The Morgan fingerprint density at radius 2 is 2.12 bits per heavy atom. The molecule has 3 rings (SSSR count). The Labute approximate surface area is 148 Å². The van der Waals surface area contributed by atoms with Gasteiger partial charge in [-0.1, -0.05) is 4.49 Å².